The number of nitrogens with one attached hydrogen (secondary N) is 1. The molecule has 14 nitrogen and oxygen atoms in total. The van der Waals surface area contributed by atoms with Crippen LogP contribution in [0.15, 0.2) is 53.7 Å². The van der Waals surface area contributed by atoms with Crippen molar-refractivity contribution in [3.63, 3.8) is 0 Å². The van der Waals surface area contributed by atoms with Crippen molar-refractivity contribution in [2.45, 2.75) is 65.3 Å². The summed E-state index contributed by atoms with van der Waals surface area (Å²) in [7, 11) is 0. The van der Waals surface area contributed by atoms with Crippen LogP contribution in [0.2, 0.25) is 0 Å². The first-order valence-corrected chi connectivity index (χ1v) is 14.2. The predicted octanol–water partition coefficient (Wildman–Crippen LogP) is 1.80. The number of anilines is 1. The summed E-state index contributed by atoms with van der Waals surface area (Å²) >= 11 is 0. The van der Waals surface area contributed by atoms with E-state index in [9.17, 15) is 24.0 Å². The Morgan fingerprint density at radius 1 is 0.911 bits per heavy atom. The fourth-order valence-electron chi connectivity index (χ4n) is 4.95. The molecule has 14 heteroatoms. The van der Waals surface area contributed by atoms with E-state index in [1.54, 1.807) is 24.3 Å². The Bertz CT molecular complexity index is 1460. The van der Waals surface area contributed by atoms with E-state index in [0.29, 0.717) is 17.0 Å². The molecule has 1 saturated heterocycles. The zero-order valence-corrected chi connectivity index (χ0v) is 25.5. The molecule has 1 fully saturated rings. The van der Waals surface area contributed by atoms with E-state index in [1.807, 2.05) is 31.2 Å². The standard InChI is InChI=1S/C31H35N3O11/c1-17-10-12-22(13-11-17)40-15-14-34-24-9-7-6-8-23(24)26(30(34)39)33-45-31-27(32-18(2)35)29(43-21(5)38)28(42-20(4)37)25(44-31)16-41-19(3)36/h6-13,25,27-29,31H,14-16H2,1-5H3,(H,32,35)/b33-26-/t25-,27+,28-,29-,31+/m1/s1. The zero-order chi connectivity index (χ0) is 32.7. The van der Waals surface area contributed by atoms with Crippen LogP contribution in [0, 0.1) is 6.92 Å². The average molecular weight is 626 g/mol. The fourth-order valence-corrected chi connectivity index (χ4v) is 4.95. The molecule has 2 heterocycles. The molecule has 4 rings (SSSR count). The molecule has 5 atom stereocenters. The molecular weight excluding hydrogens is 590 g/mol. The fraction of sp³-hybridized carbons (Fsp3) is 0.419. The lowest BCUT2D eigenvalue weighted by molar-refractivity contribution is -0.278. The van der Waals surface area contributed by atoms with E-state index in [0.717, 1.165) is 19.4 Å². The number of aryl methyl sites for hydroxylation is 1. The number of rotatable bonds is 11. The monoisotopic (exact) mass is 625 g/mol. The van der Waals surface area contributed by atoms with Gasteiger partial charge in [-0.1, -0.05) is 41.1 Å². The first kappa shape index (κ1) is 32.9. The molecule has 2 aliphatic heterocycles. The number of para-hydroxylation sites is 1. The van der Waals surface area contributed by atoms with E-state index < -0.39 is 67.0 Å². The summed E-state index contributed by atoms with van der Waals surface area (Å²) in [6, 6.07) is 13.3. The minimum atomic E-state index is -1.48. The molecular formula is C31H35N3O11. The van der Waals surface area contributed by atoms with Gasteiger partial charge in [0.1, 0.15) is 31.1 Å². The van der Waals surface area contributed by atoms with Gasteiger partial charge in [0.2, 0.25) is 5.91 Å². The maximum absolute atomic E-state index is 13.6. The minimum Gasteiger partial charge on any atom is -0.492 e. The van der Waals surface area contributed by atoms with Crippen LogP contribution in [0.25, 0.3) is 0 Å². The van der Waals surface area contributed by atoms with Gasteiger partial charge < -0.3 is 38.7 Å². The number of carbonyl (C=O) groups is 5. The van der Waals surface area contributed by atoms with Gasteiger partial charge in [0.05, 0.1) is 12.2 Å². The van der Waals surface area contributed by atoms with Crippen LogP contribution in [-0.4, -0.2) is 85.8 Å². The third-order valence-corrected chi connectivity index (χ3v) is 6.82. The number of ether oxygens (including phenoxy) is 5. The van der Waals surface area contributed by atoms with Crippen molar-refractivity contribution in [3.8, 4) is 5.75 Å². The van der Waals surface area contributed by atoms with Gasteiger partial charge in [0.25, 0.3) is 12.2 Å². The van der Waals surface area contributed by atoms with Gasteiger partial charge in [-0.3, -0.25) is 24.0 Å². The third-order valence-electron chi connectivity index (χ3n) is 6.82. The van der Waals surface area contributed by atoms with Crippen molar-refractivity contribution < 1.29 is 52.5 Å². The first-order valence-electron chi connectivity index (χ1n) is 14.2. The maximum Gasteiger partial charge on any atom is 0.303 e. The number of hydrogen-bond acceptors (Lipinski definition) is 12. The van der Waals surface area contributed by atoms with Crippen LogP contribution >= 0.6 is 0 Å². The highest BCUT2D eigenvalue weighted by Crippen LogP contribution is 2.31. The Hall–Kier alpha value is -4.98. The summed E-state index contributed by atoms with van der Waals surface area (Å²) in [6.07, 6.45) is -5.30. The van der Waals surface area contributed by atoms with Crippen molar-refractivity contribution >= 4 is 41.1 Å². The van der Waals surface area contributed by atoms with Gasteiger partial charge in [0, 0.05) is 33.3 Å². The number of esters is 3. The van der Waals surface area contributed by atoms with Crippen LogP contribution in [-0.2, 0) is 47.8 Å². The molecule has 0 radical (unpaired) electrons. The van der Waals surface area contributed by atoms with Crippen molar-refractivity contribution in [3.05, 3.63) is 59.7 Å². The zero-order valence-electron chi connectivity index (χ0n) is 25.5. The Labute approximate surface area is 259 Å². The number of carbonyl (C=O) groups excluding carboxylic acids is 5. The largest absolute Gasteiger partial charge is 0.492 e. The SMILES string of the molecule is CC(=O)N[C@@H]1[C@H](O/N=C2\C(=O)N(CCOc3ccc(C)cc3)c3ccccc32)O[C@H](COC(C)=O)[C@@H](OC(C)=O)[C@@H]1OC(C)=O. The number of fused-ring (bicyclic) bond motifs is 1. The van der Waals surface area contributed by atoms with Crippen LogP contribution < -0.4 is 15.0 Å². The van der Waals surface area contributed by atoms with Crippen LogP contribution in [0.4, 0.5) is 5.69 Å². The van der Waals surface area contributed by atoms with E-state index in [4.69, 9.17) is 28.5 Å². The van der Waals surface area contributed by atoms with E-state index >= 15 is 0 Å². The van der Waals surface area contributed by atoms with Crippen LogP contribution in [0.3, 0.4) is 0 Å². The molecule has 1 N–H and O–H groups in total. The summed E-state index contributed by atoms with van der Waals surface area (Å²) < 4.78 is 27.8. The van der Waals surface area contributed by atoms with Gasteiger partial charge in [-0.25, -0.2) is 0 Å². The summed E-state index contributed by atoms with van der Waals surface area (Å²) in [4.78, 5) is 68.7. The lowest BCUT2D eigenvalue weighted by atomic mass is 9.96. The molecule has 2 amide bonds. The summed E-state index contributed by atoms with van der Waals surface area (Å²) in [5.41, 5.74) is 2.11. The molecule has 0 spiro atoms. The number of amides is 2. The van der Waals surface area contributed by atoms with Crippen molar-refractivity contribution in [1.82, 2.24) is 5.32 Å². The molecule has 240 valence electrons. The Kier molecular flexibility index (Phi) is 10.7. The highest BCUT2D eigenvalue weighted by atomic mass is 16.8. The molecule has 0 saturated carbocycles. The summed E-state index contributed by atoms with van der Waals surface area (Å²) in [6.45, 7) is 6.63. The molecule has 0 aliphatic carbocycles. The Balaban J connectivity index is 1.61. The first-order chi connectivity index (χ1) is 21.4. The lowest BCUT2D eigenvalue weighted by Gasteiger charge is -2.43. The third kappa shape index (κ3) is 8.35. The molecule has 0 bridgehead atoms. The van der Waals surface area contributed by atoms with Gasteiger partial charge in [-0.15, -0.1) is 0 Å². The van der Waals surface area contributed by atoms with Gasteiger partial charge >= 0.3 is 17.9 Å². The predicted molar refractivity (Wildman–Crippen MR) is 157 cm³/mol. The summed E-state index contributed by atoms with van der Waals surface area (Å²) in [5.74, 6) is -2.51. The molecule has 45 heavy (non-hydrogen) atoms. The second-order valence-electron chi connectivity index (χ2n) is 10.4. The normalized spacial score (nSPS) is 23.1. The molecule has 2 aromatic carbocycles. The highest BCUT2D eigenvalue weighted by molar-refractivity contribution is 6.54. The summed E-state index contributed by atoms with van der Waals surface area (Å²) in [5, 5.41) is 6.73. The minimum absolute atomic E-state index is 0.0474. The van der Waals surface area contributed by atoms with Gasteiger partial charge in [-0.2, -0.15) is 0 Å². The Morgan fingerprint density at radius 2 is 1.58 bits per heavy atom. The number of hydrogen-bond donors (Lipinski definition) is 1. The molecule has 0 aromatic heterocycles. The molecule has 2 aromatic rings. The van der Waals surface area contributed by atoms with Crippen molar-refractivity contribution in [2.24, 2.45) is 5.16 Å². The van der Waals surface area contributed by atoms with E-state index in [1.165, 1.54) is 18.7 Å². The number of nitrogens with zero attached hydrogens (tertiary/aromatic N) is 2. The van der Waals surface area contributed by atoms with E-state index in [2.05, 4.69) is 10.5 Å². The second kappa shape index (κ2) is 14.7. The number of benzene rings is 2. The van der Waals surface area contributed by atoms with Crippen molar-refractivity contribution in [1.29, 1.82) is 0 Å². The van der Waals surface area contributed by atoms with Gasteiger partial charge in [0.15, 0.2) is 17.9 Å². The topological polar surface area (TPSA) is 168 Å². The highest BCUT2D eigenvalue weighted by Gasteiger charge is 2.52. The van der Waals surface area contributed by atoms with Crippen molar-refractivity contribution in [2.75, 3.05) is 24.7 Å². The smallest absolute Gasteiger partial charge is 0.303 e. The van der Waals surface area contributed by atoms with Gasteiger partial charge in [-0.05, 0) is 25.1 Å². The number of oxime groups is 1. The maximum atomic E-state index is 13.6. The molecule has 0 unspecified atom stereocenters. The van der Waals surface area contributed by atoms with Crippen LogP contribution in [0.1, 0.15) is 38.8 Å². The second-order valence-corrected chi connectivity index (χ2v) is 10.4. The van der Waals surface area contributed by atoms with E-state index in [-0.39, 0.29) is 18.9 Å². The average Bonchev–Trinajstić information content (AvgIpc) is 3.24. The van der Waals surface area contributed by atoms with Crippen LogP contribution in [0.5, 0.6) is 5.75 Å². The Morgan fingerprint density at radius 3 is 2.22 bits per heavy atom. The lowest BCUT2D eigenvalue weighted by Crippen LogP contribution is -2.66. The molecule has 2 aliphatic rings. The quantitative estimate of drug-likeness (QED) is 0.220.